The van der Waals surface area contributed by atoms with Crippen LogP contribution in [-0.2, 0) is 0 Å². The highest BCUT2D eigenvalue weighted by Gasteiger charge is 2.22. The van der Waals surface area contributed by atoms with Gasteiger partial charge in [-0.15, -0.1) is 16.4 Å². The van der Waals surface area contributed by atoms with E-state index < -0.39 is 0 Å². The third kappa shape index (κ3) is 3.08. The second-order valence-corrected chi connectivity index (χ2v) is 7.93. The summed E-state index contributed by atoms with van der Waals surface area (Å²) in [6.07, 6.45) is 7.46. The highest BCUT2D eigenvalue weighted by Crippen LogP contribution is 2.35. The maximum Gasteiger partial charge on any atom is 0.138 e. The van der Waals surface area contributed by atoms with E-state index in [1.165, 1.54) is 24.8 Å². The first kappa shape index (κ1) is 16.4. The molecule has 1 saturated carbocycles. The van der Waals surface area contributed by atoms with E-state index in [1.54, 1.807) is 17.7 Å². The van der Waals surface area contributed by atoms with Gasteiger partial charge in [-0.3, -0.25) is 0 Å². The summed E-state index contributed by atoms with van der Waals surface area (Å²) in [6, 6.07) is 10.6. The van der Waals surface area contributed by atoms with Gasteiger partial charge in [0.25, 0.3) is 0 Å². The Balaban J connectivity index is 1.33. The van der Waals surface area contributed by atoms with Crippen molar-refractivity contribution in [1.29, 1.82) is 0 Å². The molecule has 1 fully saturated rings. The lowest BCUT2D eigenvalue weighted by Crippen LogP contribution is -2.09. The molecule has 6 nitrogen and oxygen atoms in total. The number of anilines is 1. The van der Waals surface area contributed by atoms with Crippen LogP contribution in [0.4, 0.5) is 5.82 Å². The van der Waals surface area contributed by atoms with Gasteiger partial charge in [-0.05, 0) is 48.9 Å². The molecule has 0 spiro atoms. The summed E-state index contributed by atoms with van der Waals surface area (Å²) in [4.78, 5) is 9.71. The number of hydrogen-bond acceptors (Lipinski definition) is 6. The monoisotopic (exact) mass is 376 g/mol. The minimum absolute atomic E-state index is 0.137. The second-order valence-electron chi connectivity index (χ2n) is 7.04. The van der Waals surface area contributed by atoms with Crippen LogP contribution >= 0.6 is 11.3 Å². The molecule has 0 aliphatic heterocycles. The van der Waals surface area contributed by atoms with Crippen LogP contribution in [0.5, 0.6) is 0 Å². The van der Waals surface area contributed by atoms with Crippen molar-refractivity contribution in [2.45, 2.75) is 38.1 Å². The molecule has 0 amide bonds. The molecule has 4 aromatic rings. The van der Waals surface area contributed by atoms with E-state index in [4.69, 9.17) is 0 Å². The third-order valence-electron chi connectivity index (χ3n) is 5.31. The fraction of sp³-hybridized carbons (Fsp3) is 0.300. The van der Waals surface area contributed by atoms with Gasteiger partial charge in [0.1, 0.15) is 17.0 Å². The van der Waals surface area contributed by atoms with Crippen molar-refractivity contribution >= 4 is 27.4 Å². The van der Waals surface area contributed by atoms with Crippen molar-refractivity contribution in [3.8, 4) is 5.69 Å². The molecular weight excluding hydrogens is 356 g/mol. The Morgan fingerprint density at radius 1 is 1.15 bits per heavy atom. The summed E-state index contributed by atoms with van der Waals surface area (Å²) in [6.45, 7) is 2.14. The summed E-state index contributed by atoms with van der Waals surface area (Å²) in [5.74, 6) is 1.48. The van der Waals surface area contributed by atoms with Crippen LogP contribution in [0.3, 0.4) is 0 Å². The number of hydrogen-bond donors (Lipinski definition) is 1. The van der Waals surface area contributed by atoms with Gasteiger partial charge in [0.15, 0.2) is 0 Å². The van der Waals surface area contributed by atoms with E-state index in [-0.39, 0.29) is 6.04 Å². The van der Waals surface area contributed by atoms with Crippen molar-refractivity contribution in [3.63, 3.8) is 0 Å². The van der Waals surface area contributed by atoms with E-state index in [1.807, 2.05) is 10.1 Å². The van der Waals surface area contributed by atoms with Gasteiger partial charge < -0.3 is 5.32 Å². The summed E-state index contributed by atoms with van der Waals surface area (Å²) >= 11 is 1.63. The minimum Gasteiger partial charge on any atom is -0.363 e. The summed E-state index contributed by atoms with van der Waals surface area (Å²) in [7, 11) is 0. The van der Waals surface area contributed by atoms with Crippen molar-refractivity contribution in [3.05, 3.63) is 59.5 Å². The molecule has 1 atom stereocenters. The minimum atomic E-state index is 0.137. The topological polar surface area (TPSA) is 68.5 Å². The molecule has 1 aliphatic rings. The van der Waals surface area contributed by atoms with Gasteiger partial charge in [0, 0.05) is 12.0 Å². The van der Waals surface area contributed by atoms with E-state index in [0.717, 1.165) is 27.4 Å². The summed E-state index contributed by atoms with van der Waals surface area (Å²) in [5.41, 5.74) is 3.34. The molecule has 136 valence electrons. The van der Waals surface area contributed by atoms with Gasteiger partial charge >= 0.3 is 0 Å². The standard InChI is InChI=1S/C20H20N6S/c1-13(23-19-17-9-10-27-20(17)22-12-21-19)14-5-7-16(8-6-14)26-11-18(24-25-26)15-3-2-4-15/h5-13,15H,2-4H2,1H3,(H,21,22,23)/t13-/m0/s1. The van der Waals surface area contributed by atoms with Crippen molar-refractivity contribution in [1.82, 2.24) is 25.0 Å². The van der Waals surface area contributed by atoms with Crippen molar-refractivity contribution in [2.24, 2.45) is 0 Å². The molecule has 1 N–H and O–H groups in total. The molecule has 1 aliphatic carbocycles. The highest BCUT2D eigenvalue weighted by molar-refractivity contribution is 7.16. The molecule has 3 heterocycles. The number of aromatic nitrogens is 5. The molecule has 0 saturated heterocycles. The Morgan fingerprint density at radius 3 is 2.78 bits per heavy atom. The Bertz CT molecular complexity index is 1060. The van der Waals surface area contributed by atoms with Crippen LogP contribution in [-0.4, -0.2) is 25.0 Å². The fourth-order valence-electron chi connectivity index (χ4n) is 3.40. The van der Waals surface area contributed by atoms with Crippen LogP contribution in [0.15, 0.2) is 48.2 Å². The van der Waals surface area contributed by atoms with Crippen LogP contribution in [0, 0.1) is 0 Å². The zero-order chi connectivity index (χ0) is 18.2. The van der Waals surface area contributed by atoms with Gasteiger partial charge in [0.2, 0.25) is 0 Å². The normalized spacial score (nSPS) is 15.6. The molecule has 0 unspecified atom stereocenters. The average Bonchev–Trinajstić information content (AvgIpc) is 3.30. The Morgan fingerprint density at radius 2 is 2.00 bits per heavy atom. The van der Waals surface area contributed by atoms with Gasteiger partial charge in [0.05, 0.1) is 23.0 Å². The molecule has 1 aromatic carbocycles. The van der Waals surface area contributed by atoms with E-state index in [9.17, 15) is 0 Å². The maximum atomic E-state index is 4.40. The predicted octanol–water partition coefficient (Wildman–Crippen LogP) is 4.71. The lowest BCUT2D eigenvalue weighted by molar-refractivity contribution is 0.410. The van der Waals surface area contributed by atoms with Crippen LogP contribution in [0.1, 0.15) is 49.4 Å². The Kier molecular flexibility index (Phi) is 4.09. The van der Waals surface area contributed by atoms with Crippen molar-refractivity contribution < 1.29 is 0 Å². The summed E-state index contributed by atoms with van der Waals surface area (Å²) < 4.78 is 1.87. The van der Waals surface area contributed by atoms with Crippen LogP contribution in [0.2, 0.25) is 0 Å². The van der Waals surface area contributed by atoms with Crippen molar-refractivity contribution in [2.75, 3.05) is 5.32 Å². The van der Waals surface area contributed by atoms with Gasteiger partial charge in [-0.1, -0.05) is 23.8 Å². The average molecular weight is 376 g/mol. The largest absolute Gasteiger partial charge is 0.363 e. The smallest absolute Gasteiger partial charge is 0.138 e. The third-order valence-corrected chi connectivity index (χ3v) is 6.13. The molecule has 3 aromatic heterocycles. The number of thiophene rings is 1. The molecule has 0 bridgehead atoms. The molecule has 7 heteroatoms. The predicted molar refractivity (Wildman–Crippen MR) is 107 cm³/mol. The first-order valence-electron chi connectivity index (χ1n) is 9.25. The molecule has 5 rings (SSSR count). The Labute approximate surface area is 161 Å². The SMILES string of the molecule is C[C@H](Nc1ncnc2sccc12)c1ccc(-n2cc(C3CCC3)nn2)cc1. The summed E-state index contributed by atoms with van der Waals surface area (Å²) in [5, 5.41) is 15.2. The van der Waals surface area contributed by atoms with Gasteiger partial charge in [-0.2, -0.15) is 0 Å². The molecular formula is C20H20N6S. The highest BCUT2D eigenvalue weighted by atomic mass is 32.1. The zero-order valence-electron chi connectivity index (χ0n) is 15.0. The van der Waals surface area contributed by atoms with E-state index in [0.29, 0.717) is 5.92 Å². The number of fused-ring (bicyclic) bond motifs is 1. The quantitative estimate of drug-likeness (QED) is 0.546. The van der Waals surface area contributed by atoms with Gasteiger partial charge in [-0.25, -0.2) is 14.6 Å². The first-order valence-corrected chi connectivity index (χ1v) is 10.1. The lowest BCUT2D eigenvalue weighted by Gasteiger charge is -2.22. The van der Waals surface area contributed by atoms with E-state index in [2.05, 4.69) is 69.0 Å². The number of nitrogens with zero attached hydrogens (tertiary/aromatic N) is 5. The molecule has 27 heavy (non-hydrogen) atoms. The van der Waals surface area contributed by atoms with Crippen LogP contribution < -0.4 is 5.32 Å². The lowest BCUT2D eigenvalue weighted by atomic mass is 9.83. The fourth-order valence-corrected chi connectivity index (χ4v) is 4.14. The molecule has 0 radical (unpaired) electrons. The number of benzene rings is 1. The first-order chi connectivity index (χ1) is 13.3. The van der Waals surface area contributed by atoms with Crippen LogP contribution in [0.25, 0.3) is 15.9 Å². The maximum absolute atomic E-state index is 4.40. The second kappa shape index (κ2) is 6.74. The zero-order valence-corrected chi connectivity index (χ0v) is 15.9. The number of rotatable bonds is 5. The number of nitrogens with one attached hydrogen (secondary N) is 1. The van der Waals surface area contributed by atoms with E-state index >= 15 is 0 Å². The Hall–Kier alpha value is -2.80.